The Morgan fingerprint density at radius 2 is 1.71 bits per heavy atom. The fraction of sp³-hybridized carbons (Fsp3) is 0.417. The number of nitrogens with zero attached hydrogens (tertiary/aromatic N) is 2. The first-order valence-corrected chi connectivity index (χ1v) is 11.3. The van der Waals surface area contributed by atoms with Gasteiger partial charge in [-0.2, -0.15) is 0 Å². The number of phenolic OH excluding ortho intramolecular Hbond substituents is 1. The van der Waals surface area contributed by atoms with Crippen molar-refractivity contribution in [1.29, 1.82) is 0 Å². The lowest BCUT2D eigenvalue weighted by Crippen LogP contribution is -2.48. The van der Waals surface area contributed by atoms with Crippen molar-refractivity contribution < 1.29 is 5.11 Å². The van der Waals surface area contributed by atoms with Gasteiger partial charge in [0, 0.05) is 22.6 Å². The minimum Gasteiger partial charge on any atom is -0.507 e. The smallest absolute Gasteiger partial charge is 0.209 e. The average molecular weight is 389 g/mol. The van der Waals surface area contributed by atoms with Crippen LogP contribution in [0.5, 0.6) is 5.75 Å². The molecule has 3 nitrogen and oxygen atoms in total. The molecule has 4 saturated carbocycles. The molecule has 0 spiro atoms. The van der Waals surface area contributed by atoms with E-state index >= 15 is 0 Å². The quantitative estimate of drug-likeness (QED) is 0.541. The third-order valence-corrected chi connectivity index (χ3v) is 8.07. The van der Waals surface area contributed by atoms with Gasteiger partial charge >= 0.3 is 0 Å². The zero-order valence-electron chi connectivity index (χ0n) is 15.8. The van der Waals surface area contributed by atoms with E-state index < -0.39 is 0 Å². The van der Waals surface area contributed by atoms with Crippen LogP contribution < -0.4 is 0 Å². The molecule has 0 saturated heterocycles. The van der Waals surface area contributed by atoms with Gasteiger partial charge in [0.05, 0.1) is 5.69 Å². The summed E-state index contributed by atoms with van der Waals surface area (Å²) in [6.07, 6.45) is 10.1. The Morgan fingerprint density at radius 1 is 1.00 bits per heavy atom. The molecule has 2 aromatic carbocycles. The first kappa shape index (κ1) is 16.7. The van der Waals surface area contributed by atoms with Crippen molar-refractivity contribution in [3.63, 3.8) is 0 Å². The summed E-state index contributed by atoms with van der Waals surface area (Å²) in [4.78, 5) is 9.62. The van der Waals surface area contributed by atoms with E-state index in [4.69, 9.17) is 4.98 Å². The SMILES string of the molecule is Oc1ccc2ccccc2c1/C=N/c1nc(C23CC4CC(CC(C4)C2)C3)cs1. The van der Waals surface area contributed by atoms with Crippen molar-refractivity contribution >= 4 is 33.5 Å². The zero-order valence-corrected chi connectivity index (χ0v) is 16.7. The summed E-state index contributed by atoms with van der Waals surface area (Å²) in [6, 6.07) is 11.8. The monoisotopic (exact) mass is 388 g/mol. The van der Waals surface area contributed by atoms with E-state index in [2.05, 4.69) is 16.4 Å². The Morgan fingerprint density at radius 3 is 2.46 bits per heavy atom. The van der Waals surface area contributed by atoms with Crippen LogP contribution in [-0.4, -0.2) is 16.3 Å². The Bertz CT molecular complexity index is 1050. The summed E-state index contributed by atoms with van der Waals surface area (Å²) in [5, 5.41) is 15.5. The van der Waals surface area contributed by atoms with Crippen molar-refractivity contribution in [2.24, 2.45) is 22.7 Å². The first-order chi connectivity index (χ1) is 13.7. The second kappa shape index (κ2) is 6.15. The van der Waals surface area contributed by atoms with Crippen LogP contribution in [0.4, 0.5) is 5.13 Å². The number of fused-ring (bicyclic) bond motifs is 1. The molecule has 1 aromatic heterocycles. The molecular formula is C24H24N2OS. The van der Waals surface area contributed by atoms with Crippen molar-refractivity contribution in [2.45, 2.75) is 43.9 Å². The molecule has 0 unspecified atom stereocenters. The maximum absolute atomic E-state index is 10.3. The first-order valence-electron chi connectivity index (χ1n) is 10.4. The topological polar surface area (TPSA) is 45.5 Å². The van der Waals surface area contributed by atoms with Gasteiger partial charge in [-0.05, 0) is 73.1 Å². The molecule has 4 aliphatic rings. The van der Waals surface area contributed by atoms with Crippen molar-refractivity contribution in [2.75, 3.05) is 0 Å². The molecule has 4 bridgehead atoms. The van der Waals surface area contributed by atoms with E-state index in [-0.39, 0.29) is 5.75 Å². The maximum Gasteiger partial charge on any atom is 0.209 e. The zero-order chi connectivity index (χ0) is 18.7. The van der Waals surface area contributed by atoms with Gasteiger partial charge in [0.1, 0.15) is 5.75 Å². The summed E-state index contributed by atoms with van der Waals surface area (Å²) < 4.78 is 0. The fourth-order valence-electron chi connectivity index (χ4n) is 6.53. The number of phenols is 1. The predicted octanol–water partition coefficient (Wildman–Crippen LogP) is 6.22. The van der Waals surface area contributed by atoms with Crippen molar-refractivity contribution in [1.82, 2.24) is 4.98 Å². The van der Waals surface area contributed by atoms with Crippen LogP contribution in [0.2, 0.25) is 0 Å². The van der Waals surface area contributed by atoms with Gasteiger partial charge in [0.15, 0.2) is 0 Å². The van der Waals surface area contributed by atoms with Gasteiger partial charge in [-0.25, -0.2) is 9.98 Å². The number of aromatic hydroxyl groups is 1. The fourth-order valence-corrected chi connectivity index (χ4v) is 7.32. The predicted molar refractivity (Wildman–Crippen MR) is 115 cm³/mol. The Hall–Kier alpha value is -2.20. The highest BCUT2D eigenvalue weighted by molar-refractivity contribution is 7.13. The molecule has 0 radical (unpaired) electrons. The number of benzene rings is 2. The molecule has 1 heterocycles. The largest absolute Gasteiger partial charge is 0.507 e. The number of rotatable bonds is 3. The molecule has 0 aliphatic heterocycles. The standard InChI is InChI=1S/C24H24N2OS/c27-21-6-5-18-3-1-2-4-19(18)20(21)13-25-23-26-22(14-28-23)24-10-15-7-16(11-24)9-17(8-15)12-24/h1-6,13-17,27H,7-12H2/b25-13+. The van der Waals surface area contributed by atoms with Gasteiger partial charge in [0.2, 0.25) is 5.13 Å². The van der Waals surface area contributed by atoms with Crippen LogP contribution in [0.1, 0.15) is 49.8 Å². The normalized spacial score (nSPS) is 31.2. The molecule has 1 N–H and O–H groups in total. The van der Waals surface area contributed by atoms with Gasteiger partial charge in [-0.3, -0.25) is 0 Å². The van der Waals surface area contributed by atoms with E-state index in [9.17, 15) is 5.11 Å². The Kier molecular flexibility index (Phi) is 3.67. The van der Waals surface area contributed by atoms with Crippen LogP contribution in [0, 0.1) is 17.8 Å². The molecule has 142 valence electrons. The summed E-state index contributed by atoms with van der Waals surface area (Å²) in [7, 11) is 0. The van der Waals surface area contributed by atoms with Crippen molar-refractivity contribution in [3.8, 4) is 5.75 Å². The second-order valence-corrected chi connectivity index (χ2v) is 10.0. The van der Waals surface area contributed by atoms with E-state index in [1.807, 2.05) is 24.3 Å². The van der Waals surface area contributed by atoms with Crippen LogP contribution in [0.3, 0.4) is 0 Å². The number of hydrogen-bond donors (Lipinski definition) is 1. The molecule has 0 amide bonds. The lowest BCUT2D eigenvalue weighted by atomic mass is 9.49. The highest BCUT2D eigenvalue weighted by atomic mass is 32.1. The minimum absolute atomic E-state index is 0.264. The minimum atomic E-state index is 0.264. The number of aliphatic imine (C=N–C) groups is 1. The van der Waals surface area contributed by atoms with Crippen molar-refractivity contribution in [3.05, 3.63) is 53.0 Å². The highest BCUT2D eigenvalue weighted by Gasteiger charge is 2.52. The molecule has 4 fully saturated rings. The second-order valence-electron chi connectivity index (χ2n) is 9.19. The summed E-state index contributed by atoms with van der Waals surface area (Å²) in [5.41, 5.74) is 2.37. The molecule has 7 rings (SSSR count). The summed E-state index contributed by atoms with van der Waals surface area (Å²) >= 11 is 1.64. The van der Waals surface area contributed by atoms with Gasteiger partial charge in [0.25, 0.3) is 0 Å². The number of thiazole rings is 1. The van der Waals surface area contributed by atoms with Gasteiger partial charge in [-0.15, -0.1) is 11.3 Å². The van der Waals surface area contributed by atoms with Gasteiger partial charge in [-0.1, -0.05) is 30.3 Å². The van der Waals surface area contributed by atoms with E-state index in [1.54, 1.807) is 23.6 Å². The lowest BCUT2D eigenvalue weighted by molar-refractivity contribution is -0.00689. The van der Waals surface area contributed by atoms with Crippen LogP contribution in [0.15, 0.2) is 46.8 Å². The van der Waals surface area contributed by atoms with Crippen LogP contribution in [0.25, 0.3) is 10.8 Å². The number of hydrogen-bond acceptors (Lipinski definition) is 4. The summed E-state index contributed by atoms with van der Waals surface area (Å²) in [5.74, 6) is 3.04. The molecular weight excluding hydrogens is 364 g/mol. The molecule has 28 heavy (non-hydrogen) atoms. The molecule has 4 heteroatoms. The third-order valence-electron chi connectivity index (χ3n) is 7.33. The maximum atomic E-state index is 10.3. The molecule has 0 atom stereocenters. The third kappa shape index (κ3) is 2.61. The molecule has 3 aromatic rings. The Labute approximate surface area is 169 Å². The van der Waals surface area contributed by atoms with Crippen LogP contribution in [-0.2, 0) is 5.41 Å². The number of aromatic nitrogens is 1. The Balaban J connectivity index is 1.32. The van der Waals surface area contributed by atoms with E-state index in [0.29, 0.717) is 5.41 Å². The van der Waals surface area contributed by atoms with Crippen LogP contribution >= 0.6 is 11.3 Å². The highest BCUT2D eigenvalue weighted by Crippen LogP contribution is 2.60. The van der Waals surface area contributed by atoms with Gasteiger partial charge < -0.3 is 5.11 Å². The van der Waals surface area contributed by atoms with E-state index in [1.165, 1.54) is 44.2 Å². The lowest BCUT2D eigenvalue weighted by Gasteiger charge is -2.56. The average Bonchev–Trinajstić information content (AvgIpc) is 3.16. The van der Waals surface area contributed by atoms with E-state index in [0.717, 1.165) is 39.2 Å². The molecule has 4 aliphatic carbocycles. The summed E-state index contributed by atoms with van der Waals surface area (Å²) in [6.45, 7) is 0.